The first-order valence-corrected chi connectivity index (χ1v) is 10.4. The maximum absolute atomic E-state index is 12.5. The van der Waals surface area contributed by atoms with E-state index in [1.165, 1.54) is 28.6 Å². The van der Waals surface area contributed by atoms with Crippen LogP contribution in [0.4, 0.5) is 0 Å². The summed E-state index contributed by atoms with van der Waals surface area (Å²) in [4.78, 5) is 24.0. The van der Waals surface area contributed by atoms with Crippen LogP contribution in [0.25, 0.3) is 0 Å². The molecular formula is C20H21NO6S. The van der Waals surface area contributed by atoms with Gasteiger partial charge in [0.1, 0.15) is 13.2 Å². The van der Waals surface area contributed by atoms with Gasteiger partial charge in [0, 0.05) is 13.1 Å². The normalized spacial score (nSPS) is 14.6. The van der Waals surface area contributed by atoms with E-state index in [0.717, 1.165) is 12.8 Å². The van der Waals surface area contributed by atoms with Crippen LogP contribution in [0.2, 0.25) is 0 Å². The molecular weight excluding hydrogens is 382 g/mol. The number of ether oxygens (including phenoxy) is 2. The molecule has 0 bridgehead atoms. The van der Waals surface area contributed by atoms with Gasteiger partial charge >= 0.3 is 11.9 Å². The van der Waals surface area contributed by atoms with E-state index in [2.05, 4.69) is 0 Å². The standard InChI is InChI=1S/C20H21NO6S/c22-19(16-6-2-1-3-7-16)26-14-15-27-20(23)17-8-10-18(11-9-17)28(24,25)21-12-4-5-13-21/h1-3,6-11H,4-5,12-15H2. The van der Waals surface area contributed by atoms with E-state index in [4.69, 9.17) is 9.47 Å². The Kier molecular flexibility index (Phi) is 6.43. The largest absolute Gasteiger partial charge is 0.458 e. The Morgan fingerprint density at radius 3 is 1.82 bits per heavy atom. The van der Waals surface area contributed by atoms with E-state index in [0.29, 0.717) is 18.7 Å². The monoisotopic (exact) mass is 403 g/mol. The summed E-state index contributed by atoms with van der Waals surface area (Å²) in [5.74, 6) is -1.10. The average Bonchev–Trinajstić information content (AvgIpc) is 3.27. The number of hydrogen-bond donors (Lipinski definition) is 0. The number of nitrogens with zero attached hydrogens (tertiary/aromatic N) is 1. The first-order valence-electron chi connectivity index (χ1n) is 8.98. The minimum Gasteiger partial charge on any atom is -0.458 e. The fraction of sp³-hybridized carbons (Fsp3) is 0.300. The van der Waals surface area contributed by atoms with Gasteiger partial charge in [-0.2, -0.15) is 4.31 Å². The molecule has 2 aromatic carbocycles. The quantitative estimate of drug-likeness (QED) is 0.521. The van der Waals surface area contributed by atoms with Gasteiger partial charge in [0.2, 0.25) is 10.0 Å². The smallest absolute Gasteiger partial charge is 0.338 e. The molecule has 0 unspecified atom stereocenters. The van der Waals surface area contributed by atoms with E-state index in [1.54, 1.807) is 30.3 Å². The Hall–Kier alpha value is -2.71. The second-order valence-electron chi connectivity index (χ2n) is 6.27. The van der Waals surface area contributed by atoms with Crippen LogP contribution < -0.4 is 0 Å². The third-order valence-electron chi connectivity index (χ3n) is 4.35. The van der Waals surface area contributed by atoms with Crippen molar-refractivity contribution in [1.82, 2.24) is 4.31 Å². The molecule has 0 radical (unpaired) electrons. The van der Waals surface area contributed by atoms with E-state index in [-0.39, 0.29) is 23.7 Å². The Bertz CT molecular complexity index is 919. The molecule has 0 N–H and O–H groups in total. The topological polar surface area (TPSA) is 90.0 Å². The summed E-state index contributed by atoms with van der Waals surface area (Å²) in [6.07, 6.45) is 1.72. The van der Waals surface area contributed by atoms with Crippen LogP contribution in [0.5, 0.6) is 0 Å². The lowest BCUT2D eigenvalue weighted by Crippen LogP contribution is -2.27. The molecule has 1 aliphatic rings. The van der Waals surface area contributed by atoms with Crippen LogP contribution >= 0.6 is 0 Å². The highest BCUT2D eigenvalue weighted by Crippen LogP contribution is 2.21. The maximum atomic E-state index is 12.5. The summed E-state index contributed by atoms with van der Waals surface area (Å²) in [5.41, 5.74) is 0.651. The van der Waals surface area contributed by atoms with Gasteiger partial charge in [-0.3, -0.25) is 0 Å². The lowest BCUT2D eigenvalue weighted by Gasteiger charge is -2.15. The van der Waals surface area contributed by atoms with E-state index < -0.39 is 22.0 Å². The van der Waals surface area contributed by atoms with Gasteiger partial charge in [-0.15, -0.1) is 0 Å². The van der Waals surface area contributed by atoms with E-state index in [1.807, 2.05) is 0 Å². The molecule has 0 amide bonds. The van der Waals surface area contributed by atoms with Crippen molar-refractivity contribution >= 4 is 22.0 Å². The van der Waals surface area contributed by atoms with Gasteiger partial charge in [-0.05, 0) is 49.2 Å². The molecule has 7 nitrogen and oxygen atoms in total. The zero-order valence-corrected chi connectivity index (χ0v) is 16.1. The molecule has 0 atom stereocenters. The van der Waals surface area contributed by atoms with Crippen molar-refractivity contribution in [2.45, 2.75) is 17.7 Å². The first-order chi connectivity index (χ1) is 13.5. The van der Waals surface area contributed by atoms with Crippen molar-refractivity contribution in [2.24, 2.45) is 0 Å². The molecule has 28 heavy (non-hydrogen) atoms. The molecule has 0 saturated carbocycles. The highest BCUT2D eigenvalue weighted by Gasteiger charge is 2.27. The van der Waals surface area contributed by atoms with E-state index in [9.17, 15) is 18.0 Å². The molecule has 2 aromatic rings. The van der Waals surface area contributed by atoms with Crippen molar-refractivity contribution < 1.29 is 27.5 Å². The molecule has 8 heteroatoms. The molecule has 148 valence electrons. The second-order valence-corrected chi connectivity index (χ2v) is 8.21. The Balaban J connectivity index is 1.49. The maximum Gasteiger partial charge on any atom is 0.338 e. The van der Waals surface area contributed by atoms with Gasteiger partial charge in [-0.1, -0.05) is 18.2 Å². The lowest BCUT2D eigenvalue weighted by molar-refractivity contribution is 0.0265. The second kappa shape index (κ2) is 8.99. The average molecular weight is 403 g/mol. The van der Waals surface area contributed by atoms with Crippen molar-refractivity contribution in [2.75, 3.05) is 26.3 Å². The third-order valence-corrected chi connectivity index (χ3v) is 6.26. The summed E-state index contributed by atoms with van der Waals surface area (Å²) in [7, 11) is -3.51. The van der Waals surface area contributed by atoms with Crippen LogP contribution in [-0.2, 0) is 19.5 Å². The summed E-state index contributed by atoms with van der Waals surface area (Å²) < 4.78 is 36.5. The number of benzene rings is 2. The highest BCUT2D eigenvalue weighted by atomic mass is 32.2. The molecule has 0 spiro atoms. The van der Waals surface area contributed by atoms with Crippen molar-refractivity contribution in [3.8, 4) is 0 Å². The summed E-state index contributed by atoms with van der Waals surface area (Å²) in [5, 5.41) is 0. The SMILES string of the molecule is O=C(OCCOC(=O)c1ccc(S(=O)(=O)N2CCCC2)cc1)c1ccccc1. The van der Waals surface area contributed by atoms with Gasteiger partial charge in [0.15, 0.2) is 0 Å². The Morgan fingerprint density at radius 2 is 1.29 bits per heavy atom. The van der Waals surface area contributed by atoms with Crippen LogP contribution in [0.15, 0.2) is 59.5 Å². The molecule has 1 saturated heterocycles. The van der Waals surface area contributed by atoms with E-state index >= 15 is 0 Å². The zero-order valence-electron chi connectivity index (χ0n) is 15.2. The number of rotatable bonds is 7. The van der Waals surface area contributed by atoms with Gasteiger partial charge < -0.3 is 9.47 Å². The van der Waals surface area contributed by atoms with Crippen LogP contribution in [0.1, 0.15) is 33.6 Å². The molecule has 1 fully saturated rings. The number of carbonyl (C=O) groups is 2. The summed E-state index contributed by atoms with van der Waals surface area (Å²) >= 11 is 0. The number of esters is 2. The Labute approximate surface area is 163 Å². The van der Waals surface area contributed by atoms with Crippen molar-refractivity contribution in [3.05, 3.63) is 65.7 Å². The third kappa shape index (κ3) is 4.76. The molecule has 1 aliphatic heterocycles. The molecule has 1 heterocycles. The summed E-state index contributed by atoms with van der Waals surface area (Å²) in [6, 6.07) is 14.1. The number of sulfonamides is 1. The fourth-order valence-electron chi connectivity index (χ4n) is 2.85. The molecule has 0 aromatic heterocycles. The summed E-state index contributed by atoms with van der Waals surface area (Å²) in [6.45, 7) is 0.883. The zero-order chi connectivity index (χ0) is 20.0. The Morgan fingerprint density at radius 1 is 0.786 bits per heavy atom. The fourth-order valence-corrected chi connectivity index (χ4v) is 4.37. The first kappa shape index (κ1) is 20.0. The lowest BCUT2D eigenvalue weighted by atomic mass is 10.2. The highest BCUT2D eigenvalue weighted by molar-refractivity contribution is 7.89. The number of hydrogen-bond acceptors (Lipinski definition) is 6. The van der Waals surface area contributed by atoms with Crippen LogP contribution in [0.3, 0.4) is 0 Å². The minimum atomic E-state index is -3.51. The van der Waals surface area contributed by atoms with Gasteiger partial charge in [-0.25, -0.2) is 18.0 Å². The van der Waals surface area contributed by atoms with Crippen molar-refractivity contribution in [3.63, 3.8) is 0 Å². The van der Waals surface area contributed by atoms with Gasteiger partial charge in [0.05, 0.1) is 16.0 Å². The van der Waals surface area contributed by atoms with Gasteiger partial charge in [0.25, 0.3) is 0 Å². The molecule has 3 rings (SSSR count). The predicted octanol–water partition coefficient (Wildman–Crippen LogP) is 2.48. The van der Waals surface area contributed by atoms with Crippen LogP contribution in [0, 0.1) is 0 Å². The predicted molar refractivity (Wildman–Crippen MR) is 101 cm³/mol. The van der Waals surface area contributed by atoms with Crippen LogP contribution in [-0.4, -0.2) is 51.0 Å². The van der Waals surface area contributed by atoms with Crippen molar-refractivity contribution in [1.29, 1.82) is 0 Å². The minimum absolute atomic E-state index is 0.0686. The molecule has 0 aliphatic carbocycles. The number of carbonyl (C=O) groups excluding carboxylic acids is 2.